The molecule has 25 heavy (non-hydrogen) atoms. The molecule has 2 N–H and O–H groups in total. The molecule has 1 aliphatic heterocycles. The fourth-order valence-electron chi connectivity index (χ4n) is 3.36. The molecule has 4 heteroatoms. The Balaban J connectivity index is 2.05. The molecule has 0 aliphatic carbocycles. The van der Waals surface area contributed by atoms with E-state index in [0.29, 0.717) is 11.3 Å². The number of aryl methyl sites for hydroxylation is 1. The van der Waals surface area contributed by atoms with Crippen molar-refractivity contribution in [3.63, 3.8) is 0 Å². The van der Waals surface area contributed by atoms with Gasteiger partial charge in [-0.25, -0.2) is 0 Å². The van der Waals surface area contributed by atoms with E-state index in [9.17, 15) is 5.26 Å². The Morgan fingerprint density at radius 3 is 2.56 bits per heavy atom. The lowest BCUT2D eigenvalue weighted by Gasteiger charge is -2.28. The zero-order valence-electron chi connectivity index (χ0n) is 13.6. The number of fused-ring (bicyclic) bond motifs is 3. The van der Waals surface area contributed by atoms with E-state index in [1.807, 2.05) is 25.1 Å². The topological polar surface area (TPSA) is 59.0 Å². The van der Waals surface area contributed by atoms with Crippen LogP contribution in [0.5, 0.6) is 5.75 Å². The van der Waals surface area contributed by atoms with Crippen molar-refractivity contribution in [3.8, 4) is 11.8 Å². The summed E-state index contributed by atoms with van der Waals surface area (Å²) in [5.74, 6) is 0.646. The molecular weight excluding hydrogens is 376 g/mol. The number of hydrogen-bond acceptors (Lipinski definition) is 3. The second-order valence-electron chi connectivity index (χ2n) is 6.18. The van der Waals surface area contributed by atoms with Gasteiger partial charge < -0.3 is 10.5 Å². The highest BCUT2D eigenvalue weighted by molar-refractivity contribution is 9.10. The second kappa shape index (κ2) is 5.94. The number of ether oxygens (including phenoxy) is 1. The van der Waals surface area contributed by atoms with Crippen LogP contribution in [0.3, 0.4) is 0 Å². The monoisotopic (exact) mass is 390 g/mol. The molecule has 0 amide bonds. The van der Waals surface area contributed by atoms with Crippen LogP contribution in [0, 0.1) is 18.3 Å². The number of nitriles is 1. The average molecular weight is 391 g/mol. The fraction of sp³-hybridized carbons (Fsp3) is 0.0952. The van der Waals surface area contributed by atoms with E-state index >= 15 is 0 Å². The minimum atomic E-state index is -0.237. The number of nitrogens with two attached hydrogens (primary N) is 1. The Morgan fingerprint density at radius 1 is 1.08 bits per heavy atom. The summed E-state index contributed by atoms with van der Waals surface area (Å²) in [6.45, 7) is 2.05. The van der Waals surface area contributed by atoms with Crippen molar-refractivity contribution in [2.45, 2.75) is 12.8 Å². The molecule has 1 aliphatic rings. The first-order valence-electron chi connectivity index (χ1n) is 7.95. The predicted octanol–water partition coefficient (Wildman–Crippen LogP) is 5.13. The molecule has 0 radical (unpaired) electrons. The Labute approximate surface area is 154 Å². The molecule has 0 saturated heterocycles. The van der Waals surface area contributed by atoms with E-state index in [1.54, 1.807) is 0 Å². The predicted molar refractivity (Wildman–Crippen MR) is 102 cm³/mol. The first-order chi connectivity index (χ1) is 12.1. The van der Waals surface area contributed by atoms with Gasteiger partial charge in [-0.3, -0.25) is 0 Å². The molecule has 122 valence electrons. The molecule has 3 aromatic carbocycles. The molecule has 0 fully saturated rings. The Kier molecular flexibility index (Phi) is 3.74. The fourth-order valence-corrected chi connectivity index (χ4v) is 3.74. The van der Waals surface area contributed by atoms with Crippen molar-refractivity contribution in [3.05, 3.63) is 87.2 Å². The van der Waals surface area contributed by atoms with Gasteiger partial charge in [0.1, 0.15) is 17.4 Å². The summed E-state index contributed by atoms with van der Waals surface area (Å²) in [4.78, 5) is 0. The van der Waals surface area contributed by atoms with Crippen LogP contribution >= 0.6 is 15.9 Å². The average Bonchev–Trinajstić information content (AvgIpc) is 2.61. The normalized spacial score (nSPS) is 16.3. The van der Waals surface area contributed by atoms with Gasteiger partial charge in [0.05, 0.1) is 5.92 Å². The van der Waals surface area contributed by atoms with Gasteiger partial charge in [0, 0.05) is 10.0 Å². The summed E-state index contributed by atoms with van der Waals surface area (Å²) in [5, 5.41) is 11.9. The standard InChI is InChI=1S/C21H15BrN2O/c1-12-2-4-13(5-3-12)19-17(11-23)21(24)25-18-9-6-14-10-15(22)7-8-16(14)20(18)19/h2-10,19H,24H2,1H3/t19-/m1/s1. The van der Waals surface area contributed by atoms with Gasteiger partial charge in [-0.15, -0.1) is 0 Å². The third-order valence-corrected chi connectivity index (χ3v) is 5.07. The van der Waals surface area contributed by atoms with Crippen molar-refractivity contribution in [1.29, 1.82) is 5.26 Å². The number of hydrogen-bond donors (Lipinski definition) is 1. The van der Waals surface area contributed by atoms with Crippen LogP contribution in [0.1, 0.15) is 22.6 Å². The Morgan fingerprint density at radius 2 is 1.84 bits per heavy atom. The number of allylic oxidation sites excluding steroid dienone is 1. The first kappa shape index (κ1) is 15.7. The lowest BCUT2D eigenvalue weighted by molar-refractivity contribution is 0.395. The molecule has 3 aromatic rings. The zero-order valence-corrected chi connectivity index (χ0v) is 15.2. The molecule has 3 nitrogen and oxygen atoms in total. The highest BCUT2D eigenvalue weighted by Crippen LogP contribution is 2.45. The van der Waals surface area contributed by atoms with E-state index in [0.717, 1.165) is 26.4 Å². The van der Waals surface area contributed by atoms with Crippen LogP contribution in [0.25, 0.3) is 10.8 Å². The van der Waals surface area contributed by atoms with Crippen LogP contribution in [0.15, 0.2) is 70.5 Å². The van der Waals surface area contributed by atoms with Crippen molar-refractivity contribution in [1.82, 2.24) is 0 Å². The van der Waals surface area contributed by atoms with Crippen molar-refractivity contribution in [2.75, 3.05) is 0 Å². The third kappa shape index (κ3) is 2.57. The lowest BCUT2D eigenvalue weighted by Crippen LogP contribution is -2.21. The molecule has 0 unspecified atom stereocenters. The van der Waals surface area contributed by atoms with Crippen LogP contribution in [0.4, 0.5) is 0 Å². The van der Waals surface area contributed by atoms with Crippen LogP contribution in [-0.4, -0.2) is 0 Å². The van der Waals surface area contributed by atoms with Crippen molar-refractivity contribution < 1.29 is 4.74 Å². The second-order valence-corrected chi connectivity index (χ2v) is 7.09. The molecular formula is C21H15BrN2O. The summed E-state index contributed by atoms with van der Waals surface area (Å²) in [6, 6.07) is 20.5. The molecule has 0 saturated carbocycles. The maximum absolute atomic E-state index is 9.71. The van der Waals surface area contributed by atoms with Gasteiger partial charge >= 0.3 is 0 Å². The van der Waals surface area contributed by atoms with Gasteiger partial charge in [0.25, 0.3) is 0 Å². The summed E-state index contributed by atoms with van der Waals surface area (Å²) in [5.41, 5.74) is 9.70. The minimum Gasteiger partial charge on any atom is -0.440 e. The maximum Gasteiger partial charge on any atom is 0.205 e. The summed E-state index contributed by atoms with van der Waals surface area (Å²) in [6.07, 6.45) is 0. The smallest absolute Gasteiger partial charge is 0.205 e. The largest absolute Gasteiger partial charge is 0.440 e. The van der Waals surface area contributed by atoms with Gasteiger partial charge in [0.2, 0.25) is 5.88 Å². The van der Waals surface area contributed by atoms with E-state index in [2.05, 4.69) is 58.4 Å². The summed E-state index contributed by atoms with van der Waals surface area (Å²) < 4.78 is 6.79. The lowest BCUT2D eigenvalue weighted by atomic mass is 9.81. The number of rotatable bonds is 1. The molecule has 4 rings (SSSR count). The Bertz CT molecular complexity index is 1060. The highest BCUT2D eigenvalue weighted by Gasteiger charge is 2.32. The summed E-state index contributed by atoms with van der Waals surface area (Å²) >= 11 is 3.52. The third-order valence-electron chi connectivity index (χ3n) is 4.58. The Hall–Kier alpha value is -2.77. The first-order valence-corrected chi connectivity index (χ1v) is 8.74. The van der Waals surface area contributed by atoms with Crippen LogP contribution < -0.4 is 10.5 Å². The van der Waals surface area contributed by atoms with E-state index in [4.69, 9.17) is 10.5 Å². The van der Waals surface area contributed by atoms with Crippen LogP contribution in [0.2, 0.25) is 0 Å². The van der Waals surface area contributed by atoms with E-state index in [-0.39, 0.29) is 11.8 Å². The van der Waals surface area contributed by atoms with Gasteiger partial charge in [-0.05, 0) is 41.5 Å². The van der Waals surface area contributed by atoms with Gasteiger partial charge in [-0.1, -0.05) is 57.9 Å². The molecule has 0 aromatic heterocycles. The zero-order chi connectivity index (χ0) is 17.6. The van der Waals surface area contributed by atoms with Crippen LogP contribution in [-0.2, 0) is 0 Å². The number of benzene rings is 3. The molecule has 0 bridgehead atoms. The number of nitrogens with zero attached hydrogens (tertiary/aromatic N) is 1. The van der Waals surface area contributed by atoms with E-state index in [1.165, 1.54) is 5.56 Å². The minimum absolute atomic E-state index is 0.178. The van der Waals surface area contributed by atoms with Crippen molar-refractivity contribution >= 4 is 26.7 Å². The van der Waals surface area contributed by atoms with Gasteiger partial charge in [-0.2, -0.15) is 5.26 Å². The highest BCUT2D eigenvalue weighted by atomic mass is 79.9. The van der Waals surface area contributed by atoms with E-state index < -0.39 is 0 Å². The SMILES string of the molecule is Cc1ccc([C@@H]2C(C#N)=C(N)Oc3ccc4cc(Br)ccc4c32)cc1. The summed E-state index contributed by atoms with van der Waals surface area (Å²) in [7, 11) is 0. The molecule has 1 heterocycles. The quantitative estimate of drug-likeness (QED) is 0.626. The molecule has 0 spiro atoms. The van der Waals surface area contributed by atoms with Crippen molar-refractivity contribution in [2.24, 2.45) is 5.73 Å². The number of halogens is 1. The maximum atomic E-state index is 9.71. The molecule has 1 atom stereocenters. The van der Waals surface area contributed by atoms with Gasteiger partial charge in [0.15, 0.2) is 0 Å².